The number of halogens is 1. The molecule has 29 heavy (non-hydrogen) atoms. The number of carbonyl (C=O) groups is 1. The lowest BCUT2D eigenvalue weighted by atomic mass is 10.1. The Hall–Kier alpha value is -2.33. The number of aromatic nitrogens is 2. The zero-order chi connectivity index (χ0) is 21.0. The summed E-state index contributed by atoms with van der Waals surface area (Å²) in [5, 5.41) is 0.721. The van der Waals surface area contributed by atoms with Gasteiger partial charge in [-0.05, 0) is 35.6 Å². The molecule has 0 radical (unpaired) electrons. The molecule has 4 nitrogen and oxygen atoms in total. The van der Waals surface area contributed by atoms with Gasteiger partial charge < -0.3 is 9.47 Å². The number of hydrogen-bond acceptors (Lipinski definition) is 2. The highest BCUT2D eigenvalue weighted by Gasteiger charge is 2.20. The fourth-order valence-electron chi connectivity index (χ4n) is 3.64. The van der Waals surface area contributed by atoms with Crippen molar-refractivity contribution < 1.29 is 4.79 Å². The van der Waals surface area contributed by atoms with Crippen LogP contribution in [0.25, 0.3) is 11.0 Å². The molecule has 0 saturated heterocycles. The lowest BCUT2D eigenvalue weighted by molar-refractivity contribution is -0.132. The quantitative estimate of drug-likeness (QED) is 0.496. The Morgan fingerprint density at radius 1 is 1.00 bits per heavy atom. The molecule has 1 amide bonds. The van der Waals surface area contributed by atoms with Gasteiger partial charge in [0.15, 0.2) is 0 Å². The first-order valence-electron chi connectivity index (χ1n) is 10.3. The van der Waals surface area contributed by atoms with E-state index < -0.39 is 0 Å². The van der Waals surface area contributed by atoms with E-state index in [4.69, 9.17) is 16.6 Å². The Morgan fingerprint density at radius 3 is 2.28 bits per heavy atom. The van der Waals surface area contributed by atoms with Crippen LogP contribution in [0, 0.1) is 11.8 Å². The number of fused-ring (bicyclic) bond motifs is 1. The van der Waals surface area contributed by atoms with E-state index in [2.05, 4.69) is 32.3 Å². The molecule has 0 bridgehead atoms. The number of carbonyl (C=O) groups excluding carboxylic acids is 1. The number of nitrogens with zero attached hydrogens (tertiary/aromatic N) is 3. The van der Waals surface area contributed by atoms with Gasteiger partial charge in [-0.25, -0.2) is 4.98 Å². The smallest absolute Gasteiger partial charge is 0.242 e. The van der Waals surface area contributed by atoms with E-state index in [0.717, 1.165) is 40.5 Å². The first-order valence-corrected chi connectivity index (χ1v) is 10.7. The van der Waals surface area contributed by atoms with Gasteiger partial charge in [-0.1, -0.05) is 69.6 Å². The standard InChI is InChI=1S/C24H30ClN3O/c1-17(2)14-27(15-18(3)4)24(29)16-28-22-12-8-7-11-21(22)26-23(28)13-19-9-5-6-10-20(19)25/h5-12,17-18H,13-16H2,1-4H3. The highest BCUT2D eigenvalue weighted by molar-refractivity contribution is 6.31. The fourth-order valence-corrected chi connectivity index (χ4v) is 3.85. The molecule has 3 rings (SSSR count). The zero-order valence-corrected chi connectivity index (χ0v) is 18.5. The van der Waals surface area contributed by atoms with Crippen molar-refractivity contribution in [2.75, 3.05) is 13.1 Å². The molecule has 3 aromatic rings. The Morgan fingerprint density at radius 2 is 1.62 bits per heavy atom. The van der Waals surface area contributed by atoms with Gasteiger partial charge in [-0.15, -0.1) is 0 Å². The van der Waals surface area contributed by atoms with Crippen molar-refractivity contribution in [3.05, 3.63) is 64.9 Å². The highest BCUT2D eigenvalue weighted by Crippen LogP contribution is 2.23. The molecular formula is C24H30ClN3O. The van der Waals surface area contributed by atoms with Crippen LogP contribution in [0.1, 0.15) is 39.1 Å². The van der Waals surface area contributed by atoms with Gasteiger partial charge in [-0.3, -0.25) is 4.79 Å². The van der Waals surface area contributed by atoms with Crippen LogP contribution >= 0.6 is 11.6 Å². The Kier molecular flexibility index (Phi) is 6.96. The average molecular weight is 412 g/mol. The van der Waals surface area contributed by atoms with E-state index in [-0.39, 0.29) is 5.91 Å². The number of amides is 1. The van der Waals surface area contributed by atoms with Crippen molar-refractivity contribution in [1.29, 1.82) is 0 Å². The van der Waals surface area contributed by atoms with Crippen molar-refractivity contribution in [1.82, 2.24) is 14.5 Å². The number of imidazole rings is 1. The first kappa shape index (κ1) is 21.4. The second-order valence-electron chi connectivity index (χ2n) is 8.46. The van der Waals surface area contributed by atoms with Gasteiger partial charge in [0.25, 0.3) is 0 Å². The topological polar surface area (TPSA) is 38.1 Å². The van der Waals surface area contributed by atoms with Crippen LogP contribution in [0.3, 0.4) is 0 Å². The summed E-state index contributed by atoms with van der Waals surface area (Å²) in [6, 6.07) is 15.8. The van der Waals surface area contributed by atoms with Crippen molar-refractivity contribution in [3.8, 4) is 0 Å². The third-order valence-corrected chi connectivity index (χ3v) is 5.23. The number of para-hydroxylation sites is 2. The van der Waals surface area contributed by atoms with Gasteiger partial charge in [-0.2, -0.15) is 0 Å². The summed E-state index contributed by atoms with van der Waals surface area (Å²) in [6.45, 7) is 10.4. The van der Waals surface area contributed by atoms with E-state index in [1.54, 1.807) is 0 Å². The van der Waals surface area contributed by atoms with E-state index in [1.165, 1.54) is 0 Å². The molecule has 1 heterocycles. The summed E-state index contributed by atoms with van der Waals surface area (Å²) < 4.78 is 2.05. The molecule has 0 aliphatic rings. The summed E-state index contributed by atoms with van der Waals surface area (Å²) in [4.78, 5) is 20.1. The lowest BCUT2D eigenvalue weighted by Crippen LogP contribution is -2.39. The molecule has 2 aromatic carbocycles. The second-order valence-corrected chi connectivity index (χ2v) is 8.86. The number of benzene rings is 2. The largest absolute Gasteiger partial charge is 0.341 e. The molecule has 0 atom stereocenters. The van der Waals surface area contributed by atoms with Gasteiger partial charge >= 0.3 is 0 Å². The first-order chi connectivity index (χ1) is 13.8. The molecule has 0 spiro atoms. The summed E-state index contributed by atoms with van der Waals surface area (Å²) in [5.41, 5.74) is 2.90. The number of rotatable bonds is 8. The molecule has 0 aliphatic carbocycles. The minimum Gasteiger partial charge on any atom is -0.341 e. The molecular weight excluding hydrogens is 382 g/mol. The van der Waals surface area contributed by atoms with Gasteiger partial charge in [0.1, 0.15) is 12.4 Å². The van der Waals surface area contributed by atoms with E-state index in [0.29, 0.717) is 24.8 Å². The maximum absolute atomic E-state index is 13.2. The monoisotopic (exact) mass is 411 g/mol. The van der Waals surface area contributed by atoms with Gasteiger partial charge in [0.05, 0.1) is 11.0 Å². The Bertz CT molecular complexity index is 967. The van der Waals surface area contributed by atoms with Crippen molar-refractivity contribution in [2.24, 2.45) is 11.8 Å². The summed E-state index contributed by atoms with van der Waals surface area (Å²) >= 11 is 6.38. The van der Waals surface area contributed by atoms with Crippen molar-refractivity contribution in [2.45, 2.75) is 40.7 Å². The Labute approximate surface area is 178 Å². The molecule has 0 aliphatic heterocycles. The molecule has 5 heteroatoms. The third kappa shape index (κ3) is 5.39. The molecule has 0 N–H and O–H groups in total. The van der Waals surface area contributed by atoms with Gasteiger partial charge in [0.2, 0.25) is 5.91 Å². The van der Waals surface area contributed by atoms with E-state index in [1.807, 2.05) is 53.4 Å². The minimum atomic E-state index is 0.135. The van der Waals surface area contributed by atoms with Crippen LogP contribution in [-0.2, 0) is 17.8 Å². The molecule has 154 valence electrons. The normalized spacial score (nSPS) is 11.6. The van der Waals surface area contributed by atoms with Gasteiger partial charge in [0, 0.05) is 24.5 Å². The predicted octanol–water partition coefficient (Wildman–Crippen LogP) is 5.42. The minimum absolute atomic E-state index is 0.135. The number of hydrogen-bond donors (Lipinski definition) is 0. The maximum Gasteiger partial charge on any atom is 0.242 e. The van der Waals surface area contributed by atoms with Crippen LogP contribution < -0.4 is 0 Å². The second kappa shape index (κ2) is 9.45. The van der Waals surface area contributed by atoms with E-state index >= 15 is 0 Å². The predicted molar refractivity (Wildman–Crippen MR) is 120 cm³/mol. The van der Waals surface area contributed by atoms with Crippen LogP contribution in [0.4, 0.5) is 0 Å². The molecule has 0 fully saturated rings. The van der Waals surface area contributed by atoms with Crippen molar-refractivity contribution in [3.63, 3.8) is 0 Å². The van der Waals surface area contributed by atoms with E-state index in [9.17, 15) is 4.79 Å². The van der Waals surface area contributed by atoms with Crippen molar-refractivity contribution >= 4 is 28.5 Å². The SMILES string of the molecule is CC(C)CN(CC(C)C)C(=O)Cn1c(Cc2ccccc2Cl)nc2ccccc21. The van der Waals surface area contributed by atoms with Crippen LogP contribution in [0.5, 0.6) is 0 Å². The average Bonchev–Trinajstić information content (AvgIpc) is 2.99. The lowest BCUT2D eigenvalue weighted by Gasteiger charge is -2.27. The molecule has 0 saturated carbocycles. The summed E-state index contributed by atoms with van der Waals surface area (Å²) in [5.74, 6) is 1.86. The van der Waals surface area contributed by atoms with Crippen LogP contribution in [0.2, 0.25) is 5.02 Å². The fraction of sp³-hybridized carbons (Fsp3) is 0.417. The molecule has 0 unspecified atom stereocenters. The zero-order valence-electron chi connectivity index (χ0n) is 17.7. The maximum atomic E-state index is 13.2. The van der Waals surface area contributed by atoms with Crippen LogP contribution in [-0.4, -0.2) is 33.4 Å². The highest BCUT2D eigenvalue weighted by atomic mass is 35.5. The Balaban J connectivity index is 1.94. The summed E-state index contributed by atoms with van der Waals surface area (Å²) in [6.07, 6.45) is 0.593. The van der Waals surface area contributed by atoms with Crippen LogP contribution in [0.15, 0.2) is 48.5 Å². The third-order valence-electron chi connectivity index (χ3n) is 4.86. The molecule has 1 aromatic heterocycles. The summed E-state index contributed by atoms with van der Waals surface area (Å²) in [7, 11) is 0.